The maximum Gasteiger partial charge on any atom is 0.232 e. The molecule has 2 aromatic carbocycles. The SMILES string of the molecule is Nc1nc(CO/N=C\c2cccc(Cl)c2Cl)nc(Nc2ccccc2)n1. The molecule has 3 aromatic rings. The second kappa shape index (κ2) is 8.46. The summed E-state index contributed by atoms with van der Waals surface area (Å²) >= 11 is 12.0. The maximum absolute atomic E-state index is 6.07. The van der Waals surface area contributed by atoms with Crippen molar-refractivity contribution in [1.29, 1.82) is 0 Å². The molecule has 0 fully saturated rings. The van der Waals surface area contributed by atoms with Gasteiger partial charge in [-0.05, 0) is 18.2 Å². The Labute approximate surface area is 159 Å². The molecule has 0 radical (unpaired) electrons. The summed E-state index contributed by atoms with van der Waals surface area (Å²) in [6, 6.07) is 14.7. The Morgan fingerprint density at radius 2 is 1.85 bits per heavy atom. The summed E-state index contributed by atoms with van der Waals surface area (Å²) in [5.74, 6) is 0.744. The van der Waals surface area contributed by atoms with Crippen molar-refractivity contribution >= 4 is 47.0 Å². The summed E-state index contributed by atoms with van der Waals surface area (Å²) in [6.07, 6.45) is 1.46. The van der Waals surface area contributed by atoms with E-state index in [0.717, 1.165) is 5.69 Å². The number of hydrogen-bond donors (Lipinski definition) is 2. The van der Waals surface area contributed by atoms with Crippen molar-refractivity contribution in [2.45, 2.75) is 6.61 Å². The van der Waals surface area contributed by atoms with Gasteiger partial charge in [0.1, 0.15) is 0 Å². The molecule has 7 nitrogen and oxygen atoms in total. The Hall–Kier alpha value is -2.90. The van der Waals surface area contributed by atoms with Crippen LogP contribution in [-0.4, -0.2) is 21.2 Å². The van der Waals surface area contributed by atoms with Crippen LogP contribution in [0.25, 0.3) is 0 Å². The van der Waals surface area contributed by atoms with Gasteiger partial charge in [0.25, 0.3) is 0 Å². The monoisotopic (exact) mass is 388 g/mol. The zero-order valence-corrected chi connectivity index (χ0v) is 14.9. The van der Waals surface area contributed by atoms with E-state index in [1.807, 2.05) is 30.3 Å². The van der Waals surface area contributed by atoms with Gasteiger partial charge in [-0.2, -0.15) is 15.0 Å². The first kappa shape index (κ1) is 17.9. The minimum atomic E-state index is 0.0187. The summed E-state index contributed by atoms with van der Waals surface area (Å²) in [4.78, 5) is 17.5. The fourth-order valence-electron chi connectivity index (χ4n) is 2.02. The molecule has 0 aliphatic rings. The van der Waals surface area contributed by atoms with Crippen molar-refractivity contribution in [3.05, 3.63) is 70.0 Å². The fraction of sp³-hybridized carbons (Fsp3) is 0.0588. The van der Waals surface area contributed by atoms with Gasteiger partial charge in [-0.3, -0.25) is 0 Å². The first-order chi connectivity index (χ1) is 12.6. The van der Waals surface area contributed by atoms with Crippen LogP contribution in [-0.2, 0) is 11.4 Å². The standard InChI is InChI=1S/C17H14Cl2N6O/c18-13-8-4-5-11(15(13)19)9-21-26-10-14-23-16(20)25-17(24-14)22-12-6-2-1-3-7-12/h1-9H,10H2,(H3,20,22,23,24,25)/b21-9-. The zero-order valence-electron chi connectivity index (χ0n) is 13.4. The van der Waals surface area contributed by atoms with Gasteiger partial charge in [-0.25, -0.2) is 0 Å². The summed E-state index contributed by atoms with van der Waals surface area (Å²) in [5.41, 5.74) is 7.19. The van der Waals surface area contributed by atoms with Gasteiger partial charge in [-0.15, -0.1) is 0 Å². The lowest BCUT2D eigenvalue weighted by Gasteiger charge is -2.06. The number of nitrogens with one attached hydrogen (secondary N) is 1. The van der Waals surface area contributed by atoms with Crippen molar-refractivity contribution in [2.24, 2.45) is 5.16 Å². The van der Waals surface area contributed by atoms with Crippen LogP contribution < -0.4 is 11.1 Å². The molecule has 0 unspecified atom stereocenters. The summed E-state index contributed by atoms with van der Waals surface area (Å²) in [7, 11) is 0. The lowest BCUT2D eigenvalue weighted by molar-refractivity contribution is 0.126. The zero-order chi connectivity index (χ0) is 18.4. The molecule has 132 valence electrons. The summed E-state index contributed by atoms with van der Waals surface area (Å²) in [6.45, 7) is 0.0187. The molecular formula is C17H14Cl2N6O. The number of nitrogens with zero attached hydrogens (tertiary/aromatic N) is 4. The average Bonchev–Trinajstić information content (AvgIpc) is 2.62. The summed E-state index contributed by atoms with van der Waals surface area (Å²) < 4.78 is 0. The Bertz CT molecular complexity index is 920. The third-order valence-corrected chi connectivity index (χ3v) is 4.00. The Kier molecular flexibility index (Phi) is 5.83. The molecule has 9 heteroatoms. The number of benzene rings is 2. The number of anilines is 3. The van der Waals surface area contributed by atoms with E-state index < -0.39 is 0 Å². The van der Waals surface area contributed by atoms with Crippen LogP contribution in [0.4, 0.5) is 17.6 Å². The van der Waals surface area contributed by atoms with E-state index in [1.54, 1.807) is 18.2 Å². The van der Waals surface area contributed by atoms with E-state index in [1.165, 1.54) is 6.21 Å². The average molecular weight is 389 g/mol. The van der Waals surface area contributed by atoms with E-state index in [-0.39, 0.29) is 12.6 Å². The lowest BCUT2D eigenvalue weighted by atomic mass is 10.2. The van der Waals surface area contributed by atoms with Crippen LogP contribution in [0.1, 0.15) is 11.4 Å². The number of hydrogen-bond acceptors (Lipinski definition) is 7. The van der Waals surface area contributed by atoms with Crippen molar-refractivity contribution in [3.8, 4) is 0 Å². The number of oxime groups is 1. The topological polar surface area (TPSA) is 98.3 Å². The molecule has 3 N–H and O–H groups in total. The molecule has 0 saturated heterocycles. The number of nitrogens with two attached hydrogens (primary N) is 1. The lowest BCUT2D eigenvalue weighted by Crippen LogP contribution is -2.07. The molecule has 26 heavy (non-hydrogen) atoms. The third kappa shape index (κ3) is 4.81. The van der Waals surface area contributed by atoms with Crippen molar-refractivity contribution in [3.63, 3.8) is 0 Å². The molecule has 0 spiro atoms. The number of nitrogen functional groups attached to an aromatic ring is 1. The van der Waals surface area contributed by atoms with E-state index >= 15 is 0 Å². The normalized spacial score (nSPS) is 10.8. The van der Waals surface area contributed by atoms with Crippen molar-refractivity contribution in [1.82, 2.24) is 15.0 Å². The molecule has 1 heterocycles. The predicted molar refractivity (Wildman–Crippen MR) is 103 cm³/mol. The van der Waals surface area contributed by atoms with Crippen LogP contribution in [0.3, 0.4) is 0 Å². The molecule has 0 amide bonds. The first-order valence-corrected chi connectivity index (χ1v) is 8.29. The highest BCUT2D eigenvalue weighted by atomic mass is 35.5. The third-order valence-electron chi connectivity index (χ3n) is 3.17. The Morgan fingerprint density at radius 3 is 2.65 bits per heavy atom. The smallest absolute Gasteiger partial charge is 0.232 e. The number of rotatable bonds is 6. The highest BCUT2D eigenvalue weighted by molar-refractivity contribution is 6.43. The van der Waals surface area contributed by atoms with Gasteiger partial charge >= 0.3 is 0 Å². The number of halogens is 2. The van der Waals surface area contributed by atoms with Crippen molar-refractivity contribution in [2.75, 3.05) is 11.1 Å². The molecule has 3 rings (SSSR count). The van der Waals surface area contributed by atoms with Crippen LogP contribution in [0.15, 0.2) is 53.7 Å². The minimum absolute atomic E-state index is 0.0187. The molecule has 0 aliphatic carbocycles. The van der Waals surface area contributed by atoms with Gasteiger partial charge in [0.2, 0.25) is 11.9 Å². The van der Waals surface area contributed by atoms with Gasteiger partial charge in [0.15, 0.2) is 12.4 Å². The van der Waals surface area contributed by atoms with Crippen LogP contribution in [0, 0.1) is 0 Å². The predicted octanol–water partition coefficient (Wildman–Crippen LogP) is 4.05. The Balaban J connectivity index is 1.64. The molecule has 0 saturated carbocycles. The maximum atomic E-state index is 6.07. The molecular weight excluding hydrogens is 375 g/mol. The van der Waals surface area contributed by atoms with Crippen molar-refractivity contribution < 1.29 is 4.84 Å². The second-order valence-electron chi connectivity index (χ2n) is 5.08. The second-order valence-corrected chi connectivity index (χ2v) is 5.86. The highest BCUT2D eigenvalue weighted by Crippen LogP contribution is 2.24. The highest BCUT2D eigenvalue weighted by Gasteiger charge is 2.06. The molecule has 0 bridgehead atoms. The number of aromatic nitrogens is 3. The van der Waals surface area contributed by atoms with Crippen LogP contribution in [0.2, 0.25) is 10.0 Å². The summed E-state index contributed by atoms with van der Waals surface area (Å²) in [5, 5.41) is 7.74. The number of para-hydroxylation sites is 1. The largest absolute Gasteiger partial charge is 0.388 e. The quantitative estimate of drug-likeness (QED) is 0.488. The fourth-order valence-corrected chi connectivity index (χ4v) is 2.37. The van der Waals surface area contributed by atoms with E-state index in [4.69, 9.17) is 33.8 Å². The molecule has 1 aromatic heterocycles. The van der Waals surface area contributed by atoms with Gasteiger partial charge < -0.3 is 15.9 Å². The molecule has 0 atom stereocenters. The Morgan fingerprint density at radius 1 is 1.04 bits per heavy atom. The van der Waals surface area contributed by atoms with Gasteiger partial charge in [-0.1, -0.05) is 58.7 Å². The van der Waals surface area contributed by atoms with Gasteiger partial charge in [0, 0.05) is 11.3 Å². The van der Waals surface area contributed by atoms with Crippen LogP contribution >= 0.6 is 23.2 Å². The molecule has 0 aliphatic heterocycles. The van der Waals surface area contributed by atoms with E-state index in [9.17, 15) is 0 Å². The van der Waals surface area contributed by atoms with Crippen LogP contribution in [0.5, 0.6) is 0 Å². The van der Waals surface area contributed by atoms with E-state index in [2.05, 4.69) is 25.4 Å². The van der Waals surface area contributed by atoms with E-state index in [0.29, 0.717) is 27.4 Å². The van der Waals surface area contributed by atoms with Gasteiger partial charge in [0.05, 0.1) is 16.3 Å². The first-order valence-electron chi connectivity index (χ1n) is 7.53. The minimum Gasteiger partial charge on any atom is -0.388 e.